The Bertz CT molecular complexity index is 391. The maximum atomic E-state index is 12.0. The molecular weight excluding hydrogens is 222 g/mol. The minimum Gasteiger partial charge on any atom is -0.309 e. The molecular formula is C13H16ClNO. The van der Waals surface area contributed by atoms with Crippen molar-refractivity contribution in [1.29, 1.82) is 0 Å². The number of anilines is 1. The van der Waals surface area contributed by atoms with Crippen molar-refractivity contribution in [2.45, 2.75) is 32.2 Å². The molecule has 0 radical (unpaired) electrons. The van der Waals surface area contributed by atoms with Crippen LogP contribution in [0, 0.1) is 0 Å². The minimum absolute atomic E-state index is 0.134. The lowest BCUT2D eigenvalue weighted by Crippen LogP contribution is -2.42. The number of nitrogens with zero attached hydrogens (tertiary/aromatic N) is 1. The van der Waals surface area contributed by atoms with Gasteiger partial charge in [-0.1, -0.05) is 18.2 Å². The summed E-state index contributed by atoms with van der Waals surface area (Å²) in [4.78, 5) is 13.9. The number of rotatable bonds is 2. The average Bonchev–Trinajstić information content (AvgIpc) is 2.29. The molecule has 0 bridgehead atoms. The summed E-state index contributed by atoms with van der Waals surface area (Å²) in [6.07, 6.45) is 2.51. The molecule has 0 saturated heterocycles. The van der Waals surface area contributed by atoms with Gasteiger partial charge in [-0.15, -0.1) is 11.6 Å². The van der Waals surface area contributed by atoms with Gasteiger partial charge >= 0.3 is 0 Å². The van der Waals surface area contributed by atoms with E-state index in [0.29, 0.717) is 12.3 Å². The Morgan fingerprint density at radius 2 is 2.25 bits per heavy atom. The highest BCUT2D eigenvalue weighted by molar-refractivity contribution is 6.19. The van der Waals surface area contributed by atoms with Crippen molar-refractivity contribution in [3.05, 3.63) is 29.8 Å². The van der Waals surface area contributed by atoms with Crippen LogP contribution in [0.1, 0.15) is 25.3 Å². The molecule has 1 aliphatic heterocycles. The minimum atomic E-state index is 0.134. The quantitative estimate of drug-likeness (QED) is 0.725. The number of fused-ring (bicyclic) bond motifs is 1. The van der Waals surface area contributed by atoms with E-state index >= 15 is 0 Å². The molecule has 0 N–H and O–H groups in total. The van der Waals surface area contributed by atoms with E-state index in [9.17, 15) is 4.79 Å². The Balaban J connectivity index is 2.33. The Morgan fingerprint density at radius 3 is 3.00 bits per heavy atom. The molecule has 1 amide bonds. The zero-order chi connectivity index (χ0) is 11.5. The van der Waals surface area contributed by atoms with E-state index in [4.69, 9.17) is 11.6 Å². The lowest BCUT2D eigenvalue weighted by Gasteiger charge is -2.35. The largest absolute Gasteiger partial charge is 0.309 e. The van der Waals surface area contributed by atoms with Crippen LogP contribution in [0.4, 0.5) is 5.69 Å². The van der Waals surface area contributed by atoms with Gasteiger partial charge in [0.05, 0.1) is 0 Å². The Hall–Kier alpha value is -1.02. The van der Waals surface area contributed by atoms with E-state index in [1.165, 1.54) is 5.56 Å². The van der Waals surface area contributed by atoms with Crippen molar-refractivity contribution >= 4 is 23.2 Å². The van der Waals surface area contributed by atoms with Crippen LogP contribution in [-0.2, 0) is 11.2 Å². The van der Waals surface area contributed by atoms with Gasteiger partial charge in [0, 0.05) is 24.0 Å². The third-order valence-electron chi connectivity index (χ3n) is 3.10. The molecule has 1 aliphatic rings. The van der Waals surface area contributed by atoms with Gasteiger partial charge in [0.1, 0.15) is 0 Å². The SMILES string of the molecule is C[C@H]1CCc2ccccc2N1C(=O)CCCl. The highest BCUT2D eigenvalue weighted by atomic mass is 35.5. The van der Waals surface area contributed by atoms with Gasteiger partial charge in [-0.2, -0.15) is 0 Å². The van der Waals surface area contributed by atoms with Gasteiger partial charge in [-0.25, -0.2) is 0 Å². The van der Waals surface area contributed by atoms with Crippen LogP contribution in [0.5, 0.6) is 0 Å². The number of carbonyl (C=O) groups excluding carboxylic acids is 1. The third-order valence-corrected chi connectivity index (χ3v) is 3.29. The number of hydrogen-bond acceptors (Lipinski definition) is 1. The summed E-state index contributed by atoms with van der Waals surface area (Å²) >= 11 is 5.64. The lowest BCUT2D eigenvalue weighted by atomic mass is 9.96. The van der Waals surface area contributed by atoms with Crippen molar-refractivity contribution in [1.82, 2.24) is 0 Å². The Morgan fingerprint density at radius 1 is 1.50 bits per heavy atom. The lowest BCUT2D eigenvalue weighted by molar-refractivity contribution is -0.118. The van der Waals surface area contributed by atoms with E-state index < -0.39 is 0 Å². The summed E-state index contributed by atoms with van der Waals surface area (Å²) in [6.45, 7) is 2.10. The first-order valence-electron chi connectivity index (χ1n) is 5.70. The highest BCUT2D eigenvalue weighted by Gasteiger charge is 2.27. The molecule has 86 valence electrons. The predicted octanol–water partition coefficient (Wildman–Crippen LogP) is 2.98. The smallest absolute Gasteiger partial charge is 0.228 e. The molecule has 3 heteroatoms. The van der Waals surface area contributed by atoms with Crippen LogP contribution in [-0.4, -0.2) is 17.8 Å². The third kappa shape index (κ3) is 2.07. The monoisotopic (exact) mass is 237 g/mol. The van der Waals surface area contributed by atoms with Crippen LogP contribution < -0.4 is 4.90 Å². The summed E-state index contributed by atoms with van der Waals surface area (Å²) in [5.41, 5.74) is 2.33. The maximum absolute atomic E-state index is 12.0. The van der Waals surface area contributed by atoms with Crippen molar-refractivity contribution in [2.75, 3.05) is 10.8 Å². The summed E-state index contributed by atoms with van der Waals surface area (Å²) in [6, 6.07) is 8.42. The fraction of sp³-hybridized carbons (Fsp3) is 0.462. The van der Waals surface area contributed by atoms with Gasteiger partial charge < -0.3 is 4.90 Å². The van der Waals surface area contributed by atoms with Gasteiger partial charge in [-0.05, 0) is 31.4 Å². The Kier molecular flexibility index (Phi) is 3.49. The molecule has 0 fully saturated rings. The first-order chi connectivity index (χ1) is 7.74. The number of amides is 1. The first kappa shape index (κ1) is 11.5. The van der Waals surface area contributed by atoms with Crippen LogP contribution >= 0.6 is 11.6 Å². The van der Waals surface area contributed by atoms with Crippen molar-refractivity contribution < 1.29 is 4.79 Å². The molecule has 1 atom stereocenters. The molecule has 0 saturated carbocycles. The summed E-state index contributed by atoms with van der Waals surface area (Å²) < 4.78 is 0. The fourth-order valence-corrected chi connectivity index (χ4v) is 2.43. The van der Waals surface area contributed by atoms with Crippen LogP contribution in [0.2, 0.25) is 0 Å². The second kappa shape index (κ2) is 4.88. The second-order valence-corrected chi connectivity index (χ2v) is 4.60. The van der Waals surface area contributed by atoms with E-state index in [2.05, 4.69) is 13.0 Å². The van der Waals surface area contributed by atoms with Crippen LogP contribution in [0.25, 0.3) is 0 Å². The molecule has 16 heavy (non-hydrogen) atoms. The topological polar surface area (TPSA) is 20.3 Å². The second-order valence-electron chi connectivity index (χ2n) is 4.22. The highest BCUT2D eigenvalue weighted by Crippen LogP contribution is 2.30. The number of alkyl halides is 1. The van der Waals surface area contributed by atoms with E-state index in [-0.39, 0.29) is 11.9 Å². The van der Waals surface area contributed by atoms with Crippen LogP contribution in [0.3, 0.4) is 0 Å². The first-order valence-corrected chi connectivity index (χ1v) is 6.23. The fourth-order valence-electron chi connectivity index (χ4n) is 2.27. The summed E-state index contributed by atoms with van der Waals surface area (Å²) in [7, 11) is 0. The molecule has 1 aromatic rings. The number of aryl methyl sites for hydroxylation is 1. The van der Waals surface area contributed by atoms with Crippen molar-refractivity contribution in [3.63, 3.8) is 0 Å². The number of hydrogen-bond donors (Lipinski definition) is 0. The van der Waals surface area contributed by atoms with Gasteiger partial charge in [0.2, 0.25) is 5.91 Å². The molecule has 1 aromatic carbocycles. The number of para-hydroxylation sites is 1. The van der Waals surface area contributed by atoms with Gasteiger partial charge in [-0.3, -0.25) is 4.79 Å². The molecule has 0 unspecified atom stereocenters. The zero-order valence-corrected chi connectivity index (χ0v) is 10.2. The average molecular weight is 238 g/mol. The van der Waals surface area contributed by atoms with E-state index in [0.717, 1.165) is 18.5 Å². The molecule has 0 aromatic heterocycles. The molecule has 2 rings (SSSR count). The zero-order valence-electron chi connectivity index (χ0n) is 9.45. The number of halogens is 1. The van der Waals surface area contributed by atoms with E-state index in [1.54, 1.807) is 0 Å². The molecule has 1 heterocycles. The van der Waals surface area contributed by atoms with Gasteiger partial charge in [0.15, 0.2) is 0 Å². The summed E-state index contributed by atoms with van der Waals surface area (Å²) in [5.74, 6) is 0.527. The number of benzene rings is 1. The predicted molar refractivity (Wildman–Crippen MR) is 67.0 cm³/mol. The molecule has 0 aliphatic carbocycles. The van der Waals surface area contributed by atoms with Crippen LogP contribution in [0.15, 0.2) is 24.3 Å². The Labute approximate surface area is 101 Å². The van der Waals surface area contributed by atoms with E-state index in [1.807, 2.05) is 23.1 Å². The maximum Gasteiger partial charge on any atom is 0.228 e. The normalized spacial score (nSPS) is 19.4. The molecule has 2 nitrogen and oxygen atoms in total. The van der Waals surface area contributed by atoms with Crippen molar-refractivity contribution in [3.8, 4) is 0 Å². The summed E-state index contributed by atoms with van der Waals surface area (Å²) in [5, 5.41) is 0. The van der Waals surface area contributed by atoms with Crippen molar-refractivity contribution in [2.24, 2.45) is 0 Å². The molecule has 0 spiro atoms. The number of carbonyl (C=O) groups is 1. The van der Waals surface area contributed by atoms with Gasteiger partial charge in [0.25, 0.3) is 0 Å². The standard InChI is InChI=1S/C13H16ClNO/c1-10-6-7-11-4-2-3-5-12(11)15(10)13(16)8-9-14/h2-5,10H,6-9H2,1H3/t10-/m0/s1.